The van der Waals surface area contributed by atoms with E-state index in [1.165, 1.54) is 24.4 Å². The highest BCUT2D eigenvalue weighted by Crippen LogP contribution is 2.37. The lowest BCUT2D eigenvalue weighted by molar-refractivity contribution is -0.384. The van der Waals surface area contributed by atoms with Gasteiger partial charge in [0.15, 0.2) is 11.6 Å². The average Bonchev–Trinajstić information content (AvgIpc) is 2.74. The molecule has 2 aromatic carbocycles. The van der Waals surface area contributed by atoms with Gasteiger partial charge in [-0.1, -0.05) is 18.2 Å². The number of nitro benzene ring substituents is 1. The first-order valence-electron chi connectivity index (χ1n) is 8.76. The van der Waals surface area contributed by atoms with E-state index in [2.05, 4.69) is 15.3 Å². The SMILES string of the molecule is O=[N+]([O-])c1ccc([C@@H](Nc2ncccc2O)c2ccc3cccnc3c2O)cc1. The van der Waals surface area contributed by atoms with Crippen molar-refractivity contribution in [1.29, 1.82) is 0 Å². The molecule has 0 fully saturated rings. The van der Waals surface area contributed by atoms with Gasteiger partial charge in [0, 0.05) is 35.5 Å². The van der Waals surface area contributed by atoms with Gasteiger partial charge in [-0.05, 0) is 35.9 Å². The van der Waals surface area contributed by atoms with E-state index >= 15 is 0 Å². The Morgan fingerprint density at radius 2 is 1.66 bits per heavy atom. The minimum Gasteiger partial charge on any atom is -0.505 e. The Morgan fingerprint density at radius 1 is 0.931 bits per heavy atom. The summed E-state index contributed by atoms with van der Waals surface area (Å²) in [5, 5.41) is 35.9. The van der Waals surface area contributed by atoms with E-state index in [4.69, 9.17) is 0 Å². The number of pyridine rings is 2. The standard InChI is InChI=1S/C21H16N4O4/c26-17-4-2-12-23-21(17)24-18(14-5-8-15(9-6-14)25(28)29)16-10-7-13-3-1-11-22-19(13)20(16)27/h1-12,18,26-27H,(H,23,24)/t18-/m1/s1. The van der Waals surface area contributed by atoms with E-state index in [1.807, 2.05) is 12.1 Å². The second-order valence-corrected chi connectivity index (χ2v) is 6.38. The number of non-ortho nitro benzene ring substituents is 1. The molecule has 3 N–H and O–H groups in total. The van der Waals surface area contributed by atoms with Crippen LogP contribution in [0.1, 0.15) is 17.2 Å². The molecule has 0 bridgehead atoms. The highest BCUT2D eigenvalue weighted by atomic mass is 16.6. The Bertz CT molecular complexity index is 1190. The summed E-state index contributed by atoms with van der Waals surface area (Å²) in [6.45, 7) is 0. The zero-order valence-electron chi connectivity index (χ0n) is 15.1. The molecule has 144 valence electrons. The summed E-state index contributed by atoms with van der Waals surface area (Å²) in [5.74, 6) is 0.142. The minimum absolute atomic E-state index is 0.0191. The molecular weight excluding hydrogens is 372 g/mol. The summed E-state index contributed by atoms with van der Waals surface area (Å²) in [6.07, 6.45) is 3.11. The van der Waals surface area contributed by atoms with Crippen molar-refractivity contribution in [2.45, 2.75) is 6.04 Å². The molecule has 0 aliphatic heterocycles. The van der Waals surface area contributed by atoms with Gasteiger partial charge in [0.2, 0.25) is 0 Å². The number of phenolic OH excluding ortho intramolecular Hbond substituents is 1. The third-order valence-electron chi connectivity index (χ3n) is 4.59. The predicted molar refractivity (Wildman–Crippen MR) is 108 cm³/mol. The molecule has 0 unspecified atom stereocenters. The zero-order valence-corrected chi connectivity index (χ0v) is 15.1. The van der Waals surface area contributed by atoms with Gasteiger partial charge >= 0.3 is 0 Å². The Hall–Kier alpha value is -4.20. The maximum absolute atomic E-state index is 11.0. The maximum Gasteiger partial charge on any atom is 0.269 e. The quantitative estimate of drug-likeness (QED) is 0.347. The van der Waals surface area contributed by atoms with Crippen LogP contribution in [0, 0.1) is 10.1 Å². The van der Waals surface area contributed by atoms with E-state index < -0.39 is 11.0 Å². The van der Waals surface area contributed by atoms with E-state index in [9.17, 15) is 20.3 Å². The fourth-order valence-electron chi connectivity index (χ4n) is 3.15. The van der Waals surface area contributed by atoms with Gasteiger partial charge in [0.05, 0.1) is 11.0 Å². The Labute approximate surface area is 165 Å². The summed E-state index contributed by atoms with van der Waals surface area (Å²) in [5.41, 5.74) is 1.53. The molecule has 0 aliphatic carbocycles. The molecule has 0 radical (unpaired) electrons. The van der Waals surface area contributed by atoms with Crippen molar-refractivity contribution in [3.63, 3.8) is 0 Å². The number of aromatic hydroxyl groups is 2. The highest BCUT2D eigenvalue weighted by molar-refractivity contribution is 5.86. The van der Waals surface area contributed by atoms with Crippen LogP contribution in [0.5, 0.6) is 11.5 Å². The zero-order chi connectivity index (χ0) is 20.4. The van der Waals surface area contributed by atoms with Crippen molar-refractivity contribution in [3.8, 4) is 11.5 Å². The molecule has 8 nitrogen and oxygen atoms in total. The number of anilines is 1. The van der Waals surface area contributed by atoms with Crippen LogP contribution in [0.2, 0.25) is 0 Å². The normalized spacial score (nSPS) is 11.9. The molecule has 29 heavy (non-hydrogen) atoms. The number of nitrogens with one attached hydrogen (secondary N) is 1. The van der Waals surface area contributed by atoms with E-state index in [-0.39, 0.29) is 23.0 Å². The molecule has 2 heterocycles. The van der Waals surface area contributed by atoms with E-state index in [0.29, 0.717) is 16.6 Å². The monoisotopic (exact) mass is 388 g/mol. The summed E-state index contributed by atoms with van der Waals surface area (Å²) in [4.78, 5) is 18.9. The molecular formula is C21H16N4O4. The summed E-state index contributed by atoms with van der Waals surface area (Å²) in [6, 6.07) is 15.6. The Balaban J connectivity index is 1.85. The molecule has 0 amide bonds. The van der Waals surface area contributed by atoms with Gasteiger partial charge in [0.1, 0.15) is 11.3 Å². The van der Waals surface area contributed by atoms with E-state index in [0.717, 1.165) is 5.39 Å². The lowest BCUT2D eigenvalue weighted by atomic mass is 9.96. The van der Waals surface area contributed by atoms with Crippen LogP contribution in [0.3, 0.4) is 0 Å². The molecule has 0 spiro atoms. The van der Waals surface area contributed by atoms with Gasteiger partial charge in [-0.25, -0.2) is 4.98 Å². The number of nitro groups is 1. The number of phenols is 1. The molecule has 0 aliphatic rings. The fourth-order valence-corrected chi connectivity index (χ4v) is 3.15. The van der Waals surface area contributed by atoms with Crippen LogP contribution in [0.25, 0.3) is 10.9 Å². The van der Waals surface area contributed by atoms with Crippen LogP contribution in [0.15, 0.2) is 73.1 Å². The fraction of sp³-hybridized carbons (Fsp3) is 0.0476. The smallest absolute Gasteiger partial charge is 0.269 e. The maximum atomic E-state index is 11.0. The van der Waals surface area contributed by atoms with Gasteiger partial charge in [0.25, 0.3) is 5.69 Å². The lowest BCUT2D eigenvalue weighted by Gasteiger charge is -2.22. The molecule has 0 saturated heterocycles. The van der Waals surface area contributed by atoms with Crippen molar-refractivity contribution in [3.05, 3.63) is 94.3 Å². The van der Waals surface area contributed by atoms with Crippen molar-refractivity contribution >= 4 is 22.4 Å². The first-order chi connectivity index (χ1) is 14.0. The molecule has 1 atom stereocenters. The number of aromatic nitrogens is 2. The first-order valence-corrected chi connectivity index (χ1v) is 8.76. The first kappa shape index (κ1) is 18.2. The summed E-state index contributed by atoms with van der Waals surface area (Å²) >= 11 is 0. The predicted octanol–water partition coefficient (Wildman–Crippen LogP) is 4.15. The van der Waals surface area contributed by atoms with Crippen LogP contribution in [-0.2, 0) is 0 Å². The second-order valence-electron chi connectivity index (χ2n) is 6.38. The number of hydrogen-bond acceptors (Lipinski definition) is 7. The van der Waals surface area contributed by atoms with Crippen LogP contribution < -0.4 is 5.32 Å². The molecule has 4 rings (SSSR count). The Morgan fingerprint density at radius 3 is 2.38 bits per heavy atom. The van der Waals surface area contributed by atoms with E-state index in [1.54, 1.807) is 36.5 Å². The number of hydrogen-bond donors (Lipinski definition) is 3. The number of fused-ring (bicyclic) bond motifs is 1. The van der Waals surface area contributed by atoms with Gasteiger partial charge < -0.3 is 15.5 Å². The second kappa shape index (κ2) is 7.43. The van der Waals surface area contributed by atoms with Gasteiger partial charge in [-0.3, -0.25) is 15.1 Å². The molecule has 2 aromatic heterocycles. The molecule has 4 aromatic rings. The number of rotatable bonds is 5. The van der Waals surface area contributed by atoms with Crippen molar-refractivity contribution in [2.24, 2.45) is 0 Å². The number of nitrogens with zero attached hydrogens (tertiary/aromatic N) is 3. The number of benzene rings is 2. The molecule has 8 heteroatoms. The lowest BCUT2D eigenvalue weighted by Crippen LogP contribution is -2.14. The summed E-state index contributed by atoms with van der Waals surface area (Å²) < 4.78 is 0. The molecule has 0 saturated carbocycles. The largest absolute Gasteiger partial charge is 0.505 e. The third-order valence-corrected chi connectivity index (χ3v) is 4.59. The van der Waals surface area contributed by atoms with Gasteiger partial charge in [-0.2, -0.15) is 0 Å². The Kier molecular flexibility index (Phi) is 4.66. The topological polar surface area (TPSA) is 121 Å². The minimum atomic E-state index is -0.636. The van der Waals surface area contributed by atoms with Crippen molar-refractivity contribution in [1.82, 2.24) is 9.97 Å². The van der Waals surface area contributed by atoms with Crippen LogP contribution in [-0.4, -0.2) is 25.1 Å². The van der Waals surface area contributed by atoms with Crippen LogP contribution in [0.4, 0.5) is 11.5 Å². The van der Waals surface area contributed by atoms with Crippen molar-refractivity contribution < 1.29 is 15.1 Å². The van der Waals surface area contributed by atoms with Crippen molar-refractivity contribution in [2.75, 3.05) is 5.32 Å². The van der Waals surface area contributed by atoms with Crippen LogP contribution >= 0.6 is 0 Å². The van der Waals surface area contributed by atoms with Gasteiger partial charge in [-0.15, -0.1) is 0 Å². The average molecular weight is 388 g/mol. The summed E-state index contributed by atoms with van der Waals surface area (Å²) in [7, 11) is 0. The third kappa shape index (κ3) is 3.51. The highest BCUT2D eigenvalue weighted by Gasteiger charge is 2.22.